The second-order valence-corrected chi connectivity index (χ2v) is 10.4. The average molecular weight is 622 g/mol. The highest BCUT2D eigenvalue weighted by Gasteiger charge is 2.35. The van der Waals surface area contributed by atoms with Gasteiger partial charge in [0.2, 0.25) is 23.6 Å². The van der Waals surface area contributed by atoms with Crippen LogP contribution in [0.5, 0.6) is 5.88 Å². The fraction of sp³-hybridized carbons (Fsp3) is 0.333. The summed E-state index contributed by atoms with van der Waals surface area (Å²) in [6.07, 6.45) is -2.63. The van der Waals surface area contributed by atoms with Crippen LogP contribution in [0.4, 0.5) is 42.0 Å². The fourth-order valence-corrected chi connectivity index (χ4v) is 4.57. The summed E-state index contributed by atoms with van der Waals surface area (Å²) in [5, 5.41) is 19.8. The molecule has 1 aromatic carbocycles. The van der Waals surface area contributed by atoms with Crippen molar-refractivity contribution in [3.63, 3.8) is 0 Å². The molecule has 16 heteroatoms. The van der Waals surface area contributed by atoms with Crippen molar-refractivity contribution in [3.8, 4) is 5.88 Å². The molecule has 43 heavy (non-hydrogen) atoms. The summed E-state index contributed by atoms with van der Waals surface area (Å²) in [7, 11) is 1.43. The first kappa shape index (κ1) is 32.9. The van der Waals surface area contributed by atoms with E-state index in [2.05, 4.69) is 36.2 Å². The number of hydrogen-bond acceptors (Lipinski definition) is 10. The second kappa shape index (κ2) is 14.5. The number of alkyl halides is 3. The number of nitrogens with one attached hydrogen (secondary N) is 4. The molecular formula is C27H30F3N7O5S. The van der Waals surface area contributed by atoms with E-state index in [1.54, 1.807) is 32.0 Å². The number of aliphatic carboxylic acids is 1. The van der Waals surface area contributed by atoms with Gasteiger partial charge < -0.3 is 31.1 Å². The topological polar surface area (TPSA) is 167 Å². The number of aromatic nitrogens is 3. The van der Waals surface area contributed by atoms with Gasteiger partial charge in [0.1, 0.15) is 17.4 Å². The Morgan fingerprint density at radius 3 is 2.44 bits per heavy atom. The maximum absolute atomic E-state index is 13.9. The molecular weight excluding hydrogens is 591 g/mol. The first-order valence-corrected chi connectivity index (χ1v) is 13.9. The Morgan fingerprint density at radius 2 is 1.79 bits per heavy atom. The number of nitrogens with zero attached hydrogens (tertiary/aromatic N) is 3. The Morgan fingerprint density at radius 1 is 1.05 bits per heavy atom. The van der Waals surface area contributed by atoms with E-state index in [9.17, 15) is 32.7 Å². The smallest absolute Gasteiger partial charge is 0.421 e. The van der Waals surface area contributed by atoms with Gasteiger partial charge in [0, 0.05) is 43.3 Å². The standard InChI is InChI=1S/C27H30F3N7O5S/c1-14-5-6-18(20(9-14)34-22(39)7-8-43-13-21(25(40)41)33-16(3)38)35-24-17(27(28,29)30)12-32-26(37-24)36-19-10-23(42-4)31-11-15(19)2/h5-6,9-12,21H,7-8,13H2,1-4H3,(H,33,38)(H,34,39)(H,40,41)(H2,31,32,35,36,37)/t21-/m0/s1. The van der Waals surface area contributed by atoms with Crippen LogP contribution >= 0.6 is 11.8 Å². The molecule has 2 aromatic heterocycles. The first-order chi connectivity index (χ1) is 20.3. The molecule has 3 rings (SSSR count). The summed E-state index contributed by atoms with van der Waals surface area (Å²) in [5.41, 5.74) is 1.13. The van der Waals surface area contributed by atoms with Crippen molar-refractivity contribution < 1.29 is 37.4 Å². The molecule has 0 fully saturated rings. The minimum Gasteiger partial charge on any atom is -0.481 e. The molecule has 2 heterocycles. The van der Waals surface area contributed by atoms with Crippen molar-refractivity contribution in [2.75, 3.05) is 34.6 Å². The summed E-state index contributed by atoms with van der Waals surface area (Å²) in [6.45, 7) is 4.70. The number of rotatable bonds is 13. The number of halogens is 3. The number of hydrogen-bond donors (Lipinski definition) is 5. The summed E-state index contributed by atoms with van der Waals surface area (Å²) in [4.78, 5) is 47.1. The molecule has 3 aromatic rings. The lowest BCUT2D eigenvalue weighted by Crippen LogP contribution is -2.41. The SMILES string of the molecule is COc1cc(Nc2ncc(C(F)(F)F)c(Nc3ccc(C)cc3NC(=O)CCSC[C@H](NC(C)=O)C(=O)O)n2)c(C)cn1. The minimum absolute atomic E-state index is 0.0193. The molecule has 0 radical (unpaired) electrons. The van der Waals surface area contributed by atoms with Crippen LogP contribution in [0.1, 0.15) is 30.0 Å². The lowest BCUT2D eigenvalue weighted by atomic mass is 10.1. The molecule has 0 unspecified atom stereocenters. The van der Waals surface area contributed by atoms with Gasteiger partial charge >= 0.3 is 12.1 Å². The van der Waals surface area contributed by atoms with Crippen LogP contribution in [0, 0.1) is 13.8 Å². The molecule has 0 aliphatic rings. The van der Waals surface area contributed by atoms with Crippen LogP contribution in [0.2, 0.25) is 0 Å². The highest BCUT2D eigenvalue weighted by molar-refractivity contribution is 7.99. The Labute approximate surface area is 249 Å². The highest BCUT2D eigenvalue weighted by Crippen LogP contribution is 2.37. The molecule has 0 spiro atoms. The minimum atomic E-state index is -4.78. The molecule has 12 nitrogen and oxygen atoms in total. The zero-order valence-electron chi connectivity index (χ0n) is 23.6. The number of carboxylic acid groups (broad SMARTS) is 1. The van der Waals surface area contributed by atoms with E-state index >= 15 is 0 Å². The van der Waals surface area contributed by atoms with Gasteiger partial charge in [-0.15, -0.1) is 0 Å². The average Bonchev–Trinajstić information content (AvgIpc) is 2.92. The van der Waals surface area contributed by atoms with E-state index < -0.39 is 41.4 Å². The molecule has 0 saturated carbocycles. The van der Waals surface area contributed by atoms with Crippen LogP contribution < -0.4 is 26.0 Å². The van der Waals surface area contributed by atoms with Crippen LogP contribution in [0.25, 0.3) is 0 Å². The Bertz CT molecular complexity index is 1490. The lowest BCUT2D eigenvalue weighted by Gasteiger charge is -2.18. The summed E-state index contributed by atoms with van der Waals surface area (Å²) < 4.78 is 46.8. The van der Waals surface area contributed by atoms with E-state index in [1.165, 1.54) is 26.3 Å². The van der Waals surface area contributed by atoms with Gasteiger partial charge in [-0.2, -0.15) is 29.9 Å². The fourth-order valence-electron chi connectivity index (χ4n) is 3.61. The monoisotopic (exact) mass is 621 g/mol. The van der Waals surface area contributed by atoms with Crippen molar-refractivity contribution in [2.24, 2.45) is 0 Å². The van der Waals surface area contributed by atoms with E-state index in [0.29, 0.717) is 17.4 Å². The number of thioether (sulfide) groups is 1. The number of benzene rings is 1. The van der Waals surface area contributed by atoms with Gasteiger partial charge in [-0.3, -0.25) is 9.59 Å². The van der Waals surface area contributed by atoms with Crippen molar-refractivity contribution in [1.29, 1.82) is 0 Å². The third kappa shape index (κ3) is 9.73. The number of methoxy groups -OCH3 is 1. The predicted octanol–water partition coefficient (Wildman–Crippen LogP) is 4.65. The van der Waals surface area contributed by atoms with Crippen molar-refractivity contribution in [1.82, 2.24) is 20.3 Å². The zero-order chi connectivity index (χ0) is 31.7. The number of ether oxygens (including phenoxy) is 1. The zero-order valence-corrected chi connectivity index (χ0v) is 24.4. The largest absolute Gasteiger partial charge is 0.481 e. The van der Waals surface area contributed by atoms with Gasteiger partial charge in [-0.25, -0.2) is 14.8 Å². The van der Waals surface area contributed by atoms with Crippen LogP contribution in [-0.4, -0.2) is 62.5 Å². The molecule has 0 aliphatic heterocycles. The van der Waals surface area contributed by atoms with Gasteiger partial charge in [-0.05, 0) is 37.1 Å². The number of amides is 2. The third-order valence-corrected chi connectivity index (χ3v) is 6.83. The van der Waals surface area contributed by atoms with Crippen molar-refractivity contribution >= 4 is 58.4 Å². The summed E-state index contributed by atoms with van der Waals surface area (Å²) >= 11 is 1.16. The van der Waals surface area contributed by atoms with E-state index in [0.717, 1.165) is 17.3 Å². The number of carbonyl (C=O) groups is 3. The van der Waals surface area contributed by atoms with E-state index in [-0.39, 0.29) is 41.1 Å². The van der Waals surface area contributed by atoms with Gasteiger partial charge in [-0.1, -0.05) is 6.07 Å². The predicted molar refractivity (Wildman–Crippen MR) is 156 cm³/mol. The molecule has 0 aliphatic carbocycles. The van der Waals surface area contributed by atoms with Crippen molar-refractivity contribution in [2.45, 2.75) is 39.4 Å². The Balaban J connectivity index is 1.79. The number of carbonyl (C=O) groups excluding carboxylic acids is 2. The molecule has 5 N–H and O–H groups in total. The van der Waals surface area contributed by atoms with Gasteiger partial charge in [0.25, 0.3) is 0 Å². The molecule has 0 saturated heterocycles. The number of aryl methyl sites for hydroxylation is 2. The maximum atomic E-state index is 13.9. The number of carboxylic acids is 1. The van der Waals surface area contributed by atoms with Crippen molar-refractivity contribution in [3.05, 3.63) is 53.3 Å². The summed E-state index contributed by atoms with van der Waals surface area (Å²) in [6, 6.07) is 5.21. The van der Waals surface area contributed by atoms with Gasteiger partial charge in [0.15, 0.2) is 0 Å². The Kier molecular flexibility index (Phi) is 11.1. The van der Waals surface area contributed by atoms with Crippen LogP contribution in [-0.2, 0) is 20.6 Å². The van der Waals surface area contributed by atoms with E-state index in [1.807, 2.05) is 0 Å². The summed E-state index contributed by atoms with van der Waals surface area (Å²) in [5.74, 6) is -2.23. The lowest BCUT2D eigenvalue weighted by molar-refractivity contribution is -0.140. The van der Waals surface area contributed by atoms with E-state index in [4.69, 9.17) is 4.74 Å². The molecule has 230 valence electrons. The first-order valence-electron chi connectivity index (χ1n) is 12.7. The van der Waals surface area contributed by atoms with Gasteiger partial charge in [0.05, 0.1) is 24.2 Å². The van der Waals surface area contributed by atoms with Crippen LogP contribution in [0.15, 0.2) is 36.7 Å². The maximum Gasteiger partial charge on any atom is 0.421 e. The molecule has 1 atom stereocenters. The molecule has 0 bridgehead atoms. The third-order valence-electron chi connectivity index (χ3n) is 5.76. The normalized spacial score (nSPS) is 11.8. The van der Waals surface area contributed by atoms with Crippen LogP contribution in [0.3, 0.4) is 0 Å². The Hall–Kier alpha value is -4.60. The highest BCUT2D eigenvalue weighted by atomic mass is 32.2. The second-order valence-electron chi connectivity index (χ2n) is 9.26. The number of pyridine rings is 1. The molecule has 2 amide bonds. The number of anilines is 5. The quantitative estimate of drug-likeness (QED) is 0.169.